The van der Waals surface area contributed by atoms with Crippen molar-refractivity contribution in [3.05, 3.63) is 70.3 Å². The number of carbonyl (C=O) groups excluding carboxylic acids is 1. The van der Waals surface area contributed by atoms with E-state index in [2.05, 4.69) is 61.6 Å². The monoisotopic (exact) mass is 339 g/mol. The molecule has 0 saturated heterocycles. The number of hydrogen-bond acceptors (Lipinski definition) is 2. The Labute approximate surface area is 149 Å². The van der Waals surface area contributed by atoms with Crippen LogP contribution in [0.4, 0.5) is 0 Å². The minimum Gasteiger partial charge on any atom is -0.349 e. The first kappa shape index (κ1) is 17.1. The number of thioether (sulfide) groups is 1. The summed E-state index contributed by atoms with van der Waals surface area (Å²) in [5, 5.41) is 3.13. The fraction of sp³-hybridized carbons (Fsp3) is 0.381. The molecular formula is C21H25NOS. The highest BCUT2D eigenvalue weighted by Crippen LogP contribution is 2.25. The minimum absolute atomic E-state index is 0.0717. The Morgan fingerprint density at radius 1 is 1.17 bits per heavy atom. The number of carbonyl (C=O) groups is 1. The van der Waals surface area contributed by atoms with Gasteiger partial charge in [-0.15, -0.1) is 11.8 Å². The summed E-state index contributed by atoms with van der Waals surface area (Å²) in [6.07, 6.45) is 3.64. The standard InChI is InChI=1S/C21H25NOS/c1-15-6-3-4-7-20(15)13-24-14-21(23)22-16(2)18-11-10-17-8-5-9-19(17)12-18/h3-4,6-7,10-12,16H,5,8-9,13-14H2,1-2H3,(H,22,23)/t16-/m1/s1. The van der Waals surface area contributed by atoms with E-state index in [-0.39, 0.29) is 11.9 Å². The molecule has 1 amide bonds. The molecule has 0 aliphatic heterocycles. The lowest BCUT2D eigenvalue weighted by Gasteiger charge is -2.15. The highest BCUT2D eigenvalue weighted by molar-refractivity contribution is 7.99. The quantitative estimate of drug-likeness (QED) is 0.834. The Morgan fingerprint density at radius 3 is 2.79 bits per heavy atom. The molecule has 0 fully saturated rings. The first-order valence-electron chi connectivity index (χ1n) is 8.67. The maximum absolute atomic E-state index is 12.2. The van der Waals surface area contributed by atoms with E-state index < -0.39 is 0 Å². The average Bonchev–Trinajstić information content (AvgIpc) is 3.04. The van der Waals surface area contributed by atoms with Crippen LogP contribution < -0.4 is 5.32 Å². The molecule has 0 heterocycles. The van der Waals surface area contributed by atoms with Crippen molar-refractivity contribution >= 4 is 17.7 Å². The van der Waals surface area contributed by atoms with E-state index in [0.29, 0.717) is 5.75 Å². The Balaban J connectivity index is 1.48. The van der Waals surface area contributed by atoms with Gasteiger partial charge in [-0.05, 0) is 60.9 Å². The number of nitrogens with one attached hydrogen (secondary N) is 1. The second-order valence-electron chi connectivity index (χ2n) is 6.59. The van der Waals surface area contributed by atoms with Crippen molar-refractivity contribution in [2.24, 2.45) is 0 Å². The molecule has 0 bridgehead atoms. The molecule has 3 rings (SSSR count). The van der Waals surface area contributed by atoms with Crippen LogP contribution in [0.3, 0.4) is 0 Å². The number of aryl methyl sites for hydroxylation is 3. The number of hydrogen-bond donors (Lipinski definition) is 1. The Bertz CT molecular complexity index is 726. The Morgan fingerprint density at radius 2 is 1.96 bits per heavy atom. The van der Waals surface area contributed by atoms with Gasteiger partial charge in [0.1, 0.15) is 0 Å². The smallest absolute Gasteiger partial charge is 0.230 e. The van der Waals surface area contributed by atoms with Gasteiger partial charge >= 0.3 is 0 Å². The van der Waals surface area contributed by atoms with Crippen LogP contribution in [0.2, 0.25) is 0 Å². The van der Waals surface area contributed by atoms with Crippen LogP contribution in [-0.4, -0.2) is 11.7 Å². The topological polar surface area (TPSA) is 29.1 Å². The van der Waals surface area contributed by atoms with Crippen molar-refractivity contribution in [3.8, 4) is 0 Å². The van der Waals surface area contributed by atoms with Crippen molar-refractivity contribution in [2.45, 2.75) is 44.9 Å². The fourth-order valence-electron chi connectivity index (χ4n) is 3.25. The molecule has 1 atom stereocenters. The SMILES string of the molecule is Cc1ccccc1CSCC(=O)N[C@H](C)c1ccc2c(c1)CCC2. The van der Waals surface area contributed by atoms with Gasteiger partial charge in [-0.25, -0.2) is 0 Å². The van der Waals surface area contributed by atoms with Gasteiger partial charge in [-0.1, -0.05) is 42.5 Å². The van der Waals surface area contributed by atoms with E-state index >= 15 is 0 Å². The number of benzene rings is 2. The van der Waals surface area contributed by atoms with Crippen LogP contribution in [0.25, 0.3) is 0 Å². The second-order valence-corrected chi connectivity index (χ2v) is 7.58. The minimum atomic E-state index is 0.0717. The third kappa shape index (κ3) is 4.21. The molecule has 0 unspecified atom stereocenters. The predicted octanol–water partition coefficient (Wildman–Crippen LogP) is 4.59. The lowest BCUT2D eigenvalue weighted by atomic mass is 10.0. The summed E-state index contributed by atoms with van der Waals surface area (Å²) in [6, 6.07) is 15.1. The van der Waals surface area contributed by atoms with E-state index in [1.807, 2.05) is 0 Å². The largest absolute Gasteiger partial charge is 0.349 e. The summed E-state index contributed by atoms with van der Waals surface area (Å²) in [5.74, 6) is 1.50. The number of amides is 1. The van der Waals surface area contributed by atoms with Crippen molar-refractivity contribution in [3.63, 3.8) is 0 Å². The predicted molar refractivity (Wildman–Crippen MR) is 102 cm³/mol. The molecule has 2 aromatic carbocycles. The second kappa shape index (κ2) is 7.89. The molecule has 2 nitrogen and oxygen atoms in total. The number of rotatable bonds is 6. The highest BCUT2D eigenvalue weighted by Gasteiger charge is 2.15. The molecule has 2 aromatic rings. The molecule has 126 valence electrons. The molecule has 0 spiro atoms. The van der Waals surface area contributed by atoms with E-state index in [0.717, 1.165) is 5.75 Å². The zero-order valence-corrected chi connectivity index (χ0v) is 15.3. The zero-order valence-electron chi connectivity index (χ0n) is 14.5. The van der Waals surface area contributed by atoms with Gasteiger partial charge in [-0.2, -0.15) is 0 Å². The number of fused-ring (bicyclic) bond motifs is 1. The van der Waals surface area contributed by atoms with Crippen LogP contribution in [0.5, 0.6) is 0 Å². The Kier molecular flexibility index (Phi) is 5.62. The Hall–Kier alpha value is -1.74. The lowest BCUT2D eigenvalue weighted by molar-refractivity contribution is -0.119. The molecule has 0 aromatic heterocycles. The molecule has 1 aliphatic rings. The van der Waals surface area contributed by atoms with E-state index in [1.165, 1.54) is 47.1 Å². The van der Waals surface area contributed by atoms with Crippen molar-refractivity contribution < 1.29 is 4.79 Å². The van der Waals surface area contributed by atoms with Crippen molar-refractivity contribution in [2.75, 3.05) is 5.75 Å². The summed E-state index contributed by atoms with van der Waals surface area (Å²) in [7, 11) is 0. The van der Waals surface area contributed by atoms with Gasteiger partial charge in [0.2, 0.25) is 5.91 Å². The first-order chi connectivity index (χ1) is 11.6. The van der Waals surface area contributed by atoms with Gasteiger partial charge in [0, 0.05) is 5.75 Å². The van der Waals surface area contributed by atoms with E-state index in [4.69, 9.17) is 0 Å². The van der Waals surface area contributed by atoms with Gasteiger partial charge in [-0.3, -0.25) is 4.79 Å². The zero-order chi connectivity index (χ0) is 16.9. The van der Waals surface area contributed by atoms with Gasteiger partial charge < -0.3 is 5.32 Å². The van der Waals surface area contributed by atoms with Gasteiger partial charge in [0.25, 0.3) is 0 Å². The lowest BCUT2D eigenvalue weighted by Crippen LogP contribution is -2.28. The fourth-order valence-corrected chi connectivity index (χ4v) is 4.17. The molecule has 3 heteroatoms. The van der Waals surface area contributed by atoms with Crippen LogP contribution in [-0.2, 0) is 23.4 Å². The third-order valence-electron chi connectivity index (χ3n) is 4.75. The molecular weight excluding hydrogens is 314 g/mol. The first-order valence-corrected chi connectivity index (χ1v) is 9.82. The van der Waals surface area contributed by atoms with Crippen LogP contribution >= 0.6 is 11.8 Å². The molecule has 0 saturated carbocycles. The summed E-state index contributed by atoms with van der Waals surface area (Å²) < 4.78 is 0. The van der Waals surface area contributed by atoms with Crippen LogP contribution in [0.1, 0.15) is 47.2 Å². The van der Waals surface area contributed by atoms with E-state index in [9.17, 15) is 4.79 Å². The highest BCUT2D eigenvalue weighted by atomic mass is 32.2. The van der Waals surface area contributed by atoms with Crippen LogP contribution in [0.15, 0.2) is 42.5 Å². The average molecular weight is 340 g/mol. The van der Waals surface area contributed by atoms with E-state index in [1.54, 1.807) is 11.8 Å². The van der Waals surface area contributed by atoms with Crippen molar-refractivity contribution in [1.82, 2.24) is 5.32 Å². The molecule has 1 aliphatic carbocycles. The van der Waals surface area contributed by atoms with Gasteiger partial charge in [0.15, 0.2) is 0 Å². The third-order valence-corrected chi connectivity index (χ3v) is 5.73. The normalized spacial score (nSPS) is 14.2. The van der Waals surface area contributed by atoms with Crippen molar-refractivity contribution in [1.29, 1.82) is 0 Å². The van der Waals surface area contributed by atoms with Crippen LogP contribution in [0, 0.1) is 6.92 Å². The van der Waals surface area contributed by atoms with Gasteiger partial charge in [0.05, 0.1) is 11.8 Å². The summed E-state index contributed by atoms with van der Waals surface area (Å²) in [5.41, 5.74) is 6.75. The summed E-state index contributed by atoms with van der Waals surface area (Å²) in [4.78, 5) is 12.2. The molecule has 1 N–H and O–H groups in total. The summed E-state index contributed by atoms with van der Waals surface area (Å²) in [6.45, 7) is 4.19. The summed E-state index contributed by atoms with van der Waals surface area (Å²) >= 11 is 1.67. The maximum atomic E-state index is 12.2. The maximum Gasteiger partial charge on any atom is 0.230 e. The molecule has 24 heavy (non-hydrogen) atoms. The molecule has 0 radical (unpaired) electrons.